The van der Waals surface area contributed by atoms with Crippen molar-refractivity contribution in [2.75, 3.05) is 18.4 Å². The standard InChI is InChI=1S/C19H22FN3O/c20-14-5-6-16-17(7-9-21-18(16)11-14)22-15-8-10-23(12-15)19(24)13-3-1-2-4-13/h5-7,9,11,13,15H,1-4,8,10,12H2,(H,21,22). The first-order valence-electron chi connectivity index (χ1n) is 8.80. The third-order valence-electron chi connectivity index (χ3n) is 5.27. The highest BCUT2D eigenvalue weighted by Gasteiger charge is 2.32. The second-order valence-corrected chi connectivity index (χ2v) is 6.92. The zero-order valence-corrected chi connectivity index (χ0v) is 13.7. The number of carbonyl (C=O) groups excluding carboxylic acids is 1. The van der Waals surface area contributed by atoms with Crippen LogP contribution in [0.5, 0.6) is 0 Å². The third kappa shape index (κ3) is 2.95. The average molecular weight is 327 g/mol. The number of likely N-dealkylation sites (tertiary alicyclic amines) is 1. The molecule has 1 N–H and O–H groups in total. The molecule has 1 aliphatic heterocycles. The molecule has 2 aliphatic rings. The van der Waals surface area contributed by atoms with Gasteiger partial charge in [0.2, 0.25) is 5.91 Å². The first-order chi connectivity index (χ1) is 11.7. The maximum Gasteiger partial charge on any atom is 0.225 e. The predicted molar refractivity (Wildman–Crippen MR) is 92.3 cm³/mol. The number of pyridine rings is 1. The van der Waals surface area contributed by atoms with E-state index in [-0.39, 0.29) is 17.8 Å². The maximum atomic E-state index is 13.4. The van der Waals surface area contributed by atoms with Gasteiger partial charge < -0.3 is 10.2 Å². The molecule has 1 amide bonds. The van der Waals surface area contributed by atoms with E-state index in [0.29, 0.717) is 11.4 Å². The van der Waals surface area contributed by atoms with Crippen LogP contribution >= 0.6 is 0 Å². The molecule has 1 unspecified atom stereocenters. The Morgan fingerprint density at radius 3 is 2.88 bits per heavy atom. The van der Waals surface area contributed by atoms with Crippen molar-refractivity contribution in [2.24, 2.45) is 5.92 Å². The minimum atomic E-state index is -0.277. The quantitative estimate of drug-likeness (QED) is 0.937. The van der Waals surface area contributed by atoms with E-state index < -0.39 is 0 Å². The summed E-state index contributed by atoms with van der Waals surface area (Å²) in [6.45, 7) is 1.57. The number of halogens is 1. The van der Waals surface area contributed by atoms with Crippen molar-refractivity contribution in [3.63, 3.8) is 0 Å². The normalized spacial score (nSPS) is 21.5. The monoisotopic (exact) mass is 327 g/mol. The minimum absolute atomic E-state index is 0.242. The first-order valence-corrected chi connectivity index (χ1v) is 8.80. The molecule has 0 bridgehead atoms. The summed E-state index contributed by atoms with van der Waals surface area (Å²) >= 11 is 0. The lowest BCUT2D eigenvalue weighted by atomic mass is 10.1. The van der Waals surface area contributed by atoms with Gasteiger partial charge in [-0.05, 0) is 37.5 Å². The van der Waals surface area contributed by atoms with Gasteiger partial charge in [-0.3, -0.25) is 9.78 Å². The summed E-state index contributed by atoms with van der Waals surface area (Å²) in [6, 6.07) is 6.83. The van der Waals surface area contributed by atoms with E-state index in [1.165, 1.54) is 25.0 Å². The van der Waals surface area contributed by atoms with Crippen molar-refractivity contribution >= 4 is 22.5 Å². The van der Waals surface area contributed by atoms with E-state index in [0.717, 1.165) is 43.4 Å². The smallest absolute Gasteiger partial charge is 0.225 e. The van der Waals surface area contributed by atoms with Crippen LogP contribution in [0.3, 0.4) is 0 Å². The van der Waals surface area contributed by atoms with Gasteiger partial charge in [0.25, 0.3) is 0 Å². The molecule has 126 valence electrons. The molecule has 1 atom stereocenters. The number of carbonyl (C=O) groups is 1. The lowest BCUT2D eigenvalue weighted by Crippen LogP contribution is -2.35. The number of amides is 1. The molecule has 1 aromatic heterocycles. The summed E-state index contributed by atoms with van der Waals surface area (Å²) in [7, 11) is 0. The lowest BCUT2D eigenvalue weighted by Gasteiger charge is -2.21. The number of hydrogen-bond acceptors (Lipinski definition) is 3. The maximum absolute atomic E-state index is 13.4. The van der Waals surface area contributed by atoms with Crippen LogP contribution in [0, 0.1) is 11.7 Å². The fourth-order valence-electron chi connectivity index (χ4n) is 3.98. The van der Waals surface area contributed by atoms with Crippen LogP contribution in [0.2, 0.25) is 0 Å². The van der Waals surface area contributed by atoms with Crippen LogP contribution in [-0.2, 0) is 4.79 Å². The fourth-order valence-corrected chi connectivity index (χ4v) is 3.98. The van der Waals surface area contributed by atoms with E-state index in [2.05, 4.69) is 10.3 Å². The van der Waals surface area contributed by atoms with Gasteiger partial charge in [0.05, 0.1) is 5.52 Å². The Morgan fingerprint density at radius 1 is 1.21 bits per heavy atom. The summed E-state index contributed by atoms with van der Waals surface area (Å²) < 4.78 is 13.4. The summed E-state index contributed by atoms with van der Waals surface area (Å²) in [5, 5.41) is 4.44. The van der Waals surface area contributed by atoms with Crippen LogP contribution in [0.4, 0.5) is 10.1 Å². The Kier molecular flexibility index (Phi) is 4.08. The summed E-state index contributed by atoms with van der Waals surface area (Å²) in [5.74, 6) is 0.299. The van der Waals surface area contributed by atoms with Crippen LogP contribution in [0.25, 0.3) is 10.9 Å². The fraction of sp³-hybridized carbons (Fsp3) is 0.474. The molecule has 1 saturated carbocycles. The van der Waals surface area contributed by atoms with Crippen molar-refractivity contribution in [2.45, 2.75) is 38.1 Å². The second kappa shape index (κ2) is 6.38. The lowest BCUT2D eigenvalue weighted by molar-refractivity contribution is -0.134. The van der Waals surface area contributed by atoms with E-state index in [1.807, 2.05) is 11.0 Å². The predicted octanol–water partition coefficient (Wildman–Crippen LogP) is 3.58. The zero-order chi connectivity index (χ0) is 16.5. The Labute approximate surface area is 141 Å². The number of fused-ring (bicyclic) bond motifs is 1. The number of aromatic nitrogens is 1. The number of benzene rings is 1. The number of hydrogen-bond donors (Lipinski definition) is 1. The largest absolute Gasteiger partial charge is 0.380 e. The van der Waals surface area contributed by atoms with Crippen LogP contribution in [0.15, 0.2) is 30.5 Å². The number of nitrogens with one attached hydrogen (secondary N) is 1. The van der Waals surface area contributed by atoms with Crippen molar-refractivity contribution in [1.82, 2.24) is 9.88 Å². The average Bonchev–Trinajstić information content (AvgIpc) is 3.26. The molecule has 1 saturated heterocycles. The van der Waals surface area contributed by atoms with E-state index in [1.54, 1.807) is 12.3 Å². The van der Waals surface area contributed by atoms with Gasteiger partial charge in [-0.1, -0.05) is 12.8 Å². The van der Waals surface area contributed by atoms with Crippen LogP contribution in [-0.4, -0.2) is 34.9 Å². The highest BCUT2D eigenvalue weighted by Crippen LogP contribution is 2.29. The Morgan fingerprint density at radius 2 is 2.04 bits per heavy atom. The van der Waals surface area contributed by atoms with Gasteiger partial charge in [0.1, 0.15) is 5.82 Å². The number of rotatable bonds is 3. The second-order valence-electron chi connectivity index (χ2n) is 6.92. The minimum Gasteiger partial charge on any atom is -0.380 e. The number of nitrogens with zero attached hydrogens (tertiary/aromatic N) is 2. The zero-order valence-electron chi connectivity index (χ0n) is 13.7. The molecule has 4 rings (SSSR count). The summed E-state index contributed by atoms with van der Waals surface area (Å²) in [4.78, 5) is 18.8. The Bertz CT molecular complexity index is 757. The Hall–Kier alpha value is -2.17. The molecule has 0 spiro atoms. The molecule has 5 heteroatoms. The molecule has 2 heterocycles. The first kappa shape index (κ1) is 15.4. The number of anilines is 1. The van der Waals surface area contributed by atoms with Gasteiger partial charge in [0.15, 0.2) is 0 Å². The molecule has 2 fully saturated rings. The van der Waals surface area contributed by atoms with E-state index in [4.69, 9.17) is 0 Å². The van der Waals surface area contributed by atoms with Crippen LogP contribution in [0.1, 0.15) is 32.1 Å². The molecular weight excluding hydrogens is 305 g/mol. The molecule has 1 aliphatic carbocycles. The molecule has 0 radical (unpaired) electrons. The molecule has 24 heavy (non-hydrogen) atoms. The Balaban J connectivity index is 1.46. The third-order valence-corrected chi connectivity index (χ3v) is 5.27. The highest BCUT2D eigenvalue weighted by atomic mass is 19.1. The van der Waals surface area contributed by atoms with Gasteiger partial charge in [-0.25, -0.2) is 4.39 Å². The van der Waals surface area contributed by atoms with Gasteiger partial charge in [-0.2, -0.15) is 0 Å². The molecule has 4 nitrogen and oxygen atoms in total. The molecular formula is C19H22FN3O. The van der Waals surface area contributed by atoms with Crippen molar-refractivity contribution in [1.29, 1.82) is 0 Å². The van der Waals surface area contributed by atoms with Crippen LogP contribution < -0.4 is 5.32 Å². The van der Waals surface area contributed by atoms with Crippen molar-refractivity contribution in [3.05, 3.63) is 36.3 Å². The topological polar surface area (TPSA) is 45.2 Å². The SMILES string of the molecule is O=C(C1CCCC1)N1CCC(Nc2ccnc3cc(F)ccc23)C1. The van der Waals surface area contributed by atoms with Gasteiger partial charge in [0, 0.05) is 48.4 Å². The molecule has 1 aromatic carbocycles. The summed E-state index contributed by atoms with van der Waals surface area (Å²) in [5.41, 5.74) is 1.61. The van der Waals surface area contributed by atoms with E-state index in [9.17, 15) is 9.18 Å². The molecule has 2 aromatic rings. The van der Waals surface area contributed by atoms with Gasteiger partial charge in [-0.15, -0.1) is 0 Å². The highest BCUT2D eigenvalue weighted by molar-refractivity contribution is 5.91. The van der Waals surface area contributed by atoms with Crippen molar-refractivity contribution < 1.29 is 9.18 Å². The van der Waals surface area contributed by atoms with Crippen molar-refractivity contribution in [3.8, 4) is 0 Å². The van der Waals surface area contributed by atoms with E-state index >= 15 is 0 Å². The van der Waals surface area contributed by atoms with Gasteiger partial charge >= 0.3 is 0 Å². The summed E-state index contributed by atoms with van der Waals surface area (Å²) in [6.07, 6.45) is 7.11.